The zero-order valence-electron chi connectivity index (χ0n) is 14.1. The van der Waals surface area contributed by atoms with Crippen molar-refractivity contribution in [2.75, 3.05) is 26.2 Å². The molecule has 0 radical (unpaired) electrons. The van der Waals surface area contributed by atoms with Crippen molar-refractivity contribution in [3.63, 3.8) is 0 Å². The number of hydrogen-bond acceptors (Lipinski definition) is 3. The molecule has 1 heterocycles. The highest BCUT2D eigenvalue weighted by atomic mass is 16.3. The largest absolute Gasteiger partial charge is 0.393 e. The van der Waals surface area contributed by atoms with E-state index in [4.69, 9.17) is 0 Å². The maximum Gasteiger partial charge on any atom is 0.0517 e. The highest BCUT2D eigenvalue weighted by Gasteiger charge is 2.23. The van der Waals surface area contributed by atoms with Crippen molar-refractivity contribution >= 4 is 0 Å². The Labute approximate surface area is 125 Å². The number of piperidine rings is 1. The topological polar surface area (TPSA) is 35.5 Å². The standard InChI is InChI=1S/C17H34N2O/c1-14(2)6-9-19-10-7-16(8-11-19)18-13-17(4,5)12-15(3)20/h6,15-16,18,20H,7-13H2,1-5H3. The van der Waals surface area contributed by atoms with Crippen molar-refractivity contribution in [3.8, 4) is 0 Å². The first kappa shape index (κ1) is 17.7. The van der Waals surface area contributed by atoms with E-state index >= 15 is 0 Å². The van der Waals surface area contributed by atoms with Crippen LogP contribution in [0.4, 0.5) is 0 Å². The molecule has 0 aromatic heterocycles. The minimum atomic E-state index is -0.210. The minimum absolute atomic E-state index is 0.174. The van der Waals surface area contributed by atoms with Crippen molar-refractivity contribution in [1.82, 2.24) is 10.2 Å². The average Bonchev–Trinajstić information content (AvgIpc) is 2.33. The first-order chi connectivity index (χ1) is 9.28. The van der Waals surface area contributed by atoms with Gasteiger partial charge in [0.2, 0.25) is 0 Å². The predicted molar refractivity (Wildman–Crippen MR) is 87.0 cm³/mol. The molecule has 1 aliphatic heterocycles. The van der Waals surface area contributed by atoms with Crippen LogP contribution in [-0.4, -0.2) is 48.3 Å². The lowest BCUT2D eigenvalue weighted by molar-refractivity contribution is 0.122. The summed E-state index contributed by atoms with van der Waals surface area (Å²) in [5.41, 5.74) is 1.58. The van der Waals surface area contributed by atoms with Gasteiger partial charge in [-0.15, -0.1) is 0 Å². The first-order valence-corrected chi connectivity index (χ1v) is 8.06. The fourth-order valence-corrected chi connectivity index (χ4v) is 2.92. The zero-order valence-corrected chi connectivity index (χ0v) is 14.1. The lowest BCUT2D eigenvalue weighted by atomic mass is 9.86. The monoisotopic (exact) mass is 282 g/mol. The van der Waals surface area contributed by atoms with Gasteiger partial charge in [-0.25, -0.2) is 0 Å². The molecule has 0 amide bonds. The maximum absolute atomic E-state index is 9.52. The van der Waals surface area contributed by atoms with Crippen molar-refractivity contribution in [3.05, 3.63) is 11.6 Å². The van der Waals surface area contributed by atoms with E-state index in [1.165, 1.54) is 31.5 Å². The van der Waals surface area contributed by atoms with Crippen LogP contribution in [0.3, 0.4) is 0 Å². The van der Waals surface area contributed by atoms with Crippen LogP contribution < -0.4 is 5.32 Å². The van der Waals surface area contributed by atoms with Crippen LogP contribution in [0.25, 0.3) is 0 Å². The number of nitrogens with one attached hydrogen (secondary N) is 1. The quantitative estimate of drug-likeness (QED) is 0.705. The van der Waals surface area contributed by atoms with Gasteiger partial charge in [-0.2, -0.15) is 0 Å². The van der Waals surface area contributed by atoms with E-state index in [2.05, 4.69) is 44.0 Å². The molecular weight excluding hydrogens is 248 g/mol. The van der Waals surface area contributed by atoms with E-state index in [9.17, 15) is 5.11 Å². The molecule has 1 atom stereocenters. The summed E-state index contributed by atoms with van der Waals surface area (Å²) in [7, 11) is 0. The van der Waals surface area contributed by atoms with Gasteiger partial charge in [0.25, 0.3) is 0 Å². The molecule has 2 N–H and O–H groups in total. The Morgan fingerprint density at radius 1 is 1.35 bits per heavy atom. The van der Waals surface area contributed by atoms with E-state index < -0.39 is 0 Å². The highest BCUT2D eigenvalue weighted by molar-refractivity contribution is 4.95. The molecule has 0 aliphatic carbocycles. The number of allylic oxidation sites excluding steroid dienone is 1. The summed E-state index contributed by atoms with van der Waals surface area (Å²) in [5, 5.41) is 13.2. The maximum atomic E-state index is 9.52. The summed E-state index contributed by atoms with van der Waals surface area (Å²) in [6.07, 6.45) is 5.44. The van der Waals surface area contributed by atoms with E-state index in [1.54, 1.807) is 0 Å². The number of rotatable bonds is 7. The SMILES string of the molecule is CC(C)=CCN1CCC(NCC(C)(C)CC(C)O)CC1. The fraction of sp³-hybridized carbons (Fsp3) is 0.882. The number of aliphatic hydroxyl groups is 1. The molecule has 0 aromatic rings. The van der Waals surface area contributed by atoms with E-state index in [1.807, 2.05) is 6.92 Å². The van der Waals surface area contributed by atoms with Crippen LogP contribution in [0.1, 0.15) is 53.9 Å². The molecule has 0 bridgehead atoms. The van der Waals surface area contributed by atoms with Gasteiger partial charge in [0.15, 0.2) is 0 Å². The summed E-state index contributed by atoms with van der Waals surface area (Å²) in [4.78, 5) is 2.53. The molecule has 0 spiro atoms. The first-order valence-electron chi connectivity index (χ1n) is 8.06. The molecule has 3 nitrogen and oxygen atoms in total. The molecule has 1 saturated heterocycles. The Hall–Kier alpha value is -0.380. The van der Waals surface area contributed by atoms with E-state index in [0.29, 0.717) is 6.04 Å². The lowest BCUT2D eigenvalue weighted by Gasteiger charge is -2.34. The zero-order chi connectivity index (χ0) is 15.2. The molecule has 3 heteroatoms. The Morgan fingerprint density at radius 2 is 1.95 bits per heavy atom. The molecule has 20 heavy (non-hydrogen) atoms. The van der Waals surface area contributed by atoms with Crippen LogP contribution in [0.5, 0.6) is 0 Å². The third-order valence-corrected chi connectivity index (χ3v) is 4.06. The van der Waals surface area contributed by atoms with Gasteiger partial charge < -0.3 is 10.4 Å². The van der Waals surface area contributed by atoms with Gasteiger partial charge in [-0.1, -0.05) is 25.5 Å². The van der Waals surface area contributed by atoms with Crippen LogP contribution >= 0.6 is 0 Å². The lowest BCUT2D eigenvalue weighted by Crippen LogP contribution is -2.45. The Morgan fingerprint density at radius 3 is 2.45 bits per heavy atom. The second-order valence-corrected chi connectivity index (χ2v) is 7.45. The van der Waals surface area contributed by atoms with Crippen LogP contribution in [0.15, 0.2) is 11.6 Å². The van der Waals surface area contributed by atoms with Gasteiger partial charge in [0.1, 0.15) is 0 Å². The molecule has 118 valence electrons. The molecule has 1 aliphatic rings. The van der Waals surface area contributed by atoms with Crippen molar-refractivity contribution in [2.24, 2.45) is 5.41 Å². The fourth-order valence-electron chi connectivity index (χ4n) is 2.92. The number of nitrogens with zero attached hydrogens (tertiary/aromatic N) is 1. The molecule has 1 unspecified atom stereocenters. The molecule has 1 fully saturated rings. The van der Waals surface area contributed by atoms with Gasteiger partial charge in [-0.05, 0) is 58.5 Å². The van der Waals surface area contributed by atoms with Crippen molar-refractivity contribution < 1.29 is 5.11 Å². The molecule has 1 rings (SSSR count). The number of aliphatic hydroxyl groups excluding tert-OH is 1. The third kappa shape index (κ3) is 7.41. The van der Waals surface area contributed by atoms with Gasteiger partial charge >= 0.3 is 0 Å². The average molecular weight is 282 g/mol. The number of likely N-dealkylation sites (tertiary alicyclic amines) is 1. The van der Waals surface area contributed by atoms with Gasteiger partial charge in [0, 0.05) is 19.1 Å². The summed E-state index contributed by atoms with van der Waals surface area (Å²) >= 11 is 0. The van der Waals surface area contributed by atoms with Gasteiger partial charge in [-0.3, -0.25) is 4.90 Å². The molecule has 0 aromatic carbocycles. The van der Waals surface area contributed by atoms with Crippen molar-refractivity contribution in [1.29, 1.82) is 0 Å². The number of hydrogen-bond donors (Lipinski definition) is 2. The second-order valence-electron chi connectivity index (χ2n) is 7.45. The smallest absolute Gasteiger partial charge is 0.0517 e. The van der Waals surface area contributed by atoms with E-state index in [0.717, 1.165) is 19.5 Å². The Balaban J connectivity index is 2.24. The summed E-state index contributed by atoms with van der Waals surface area (Å²) < 4.78 is 0. The Bertz CT molecular complexity index is 298. The minimum Gasteiger partial charge on any atom is -0.393 e. The summed E-state index contributed by atoms with van der Waals surface area (Å²) in [6, 6.07) is 0.645. The Kier molecular flexibility index (Phi) is 7.21. The second kappa shape index (κ2) is 8.16. The molecule has 0 saturated carbocycles. The molecular formula is C17H34N2O. The summed E-state index contributed by atoms with van der Waals surface area (Å²) in [6.45, 7) is 15.2. The van der Waals surface area contributed by atoms with Crippen LogP contribution in [-0.2, 0) is 0 Å². The third-order valence-electron chi connectivity index (χ3n) is 4.06. The highest BCUT2D eigenvalue weighted by Crippen LogP contribution is 2.22. The predicted octanol–water partition coefficient (Wildman–Crippen LogP) is 2.80. The van der Waals surface area contributed by atoms with Crippen molar-refractivity contribution in [2.45, 2.75) is 66.0 Å². The summed E-state index contributed by atoms with van der Waals surface area (Å²) in [5.74, 6) is 0. The van der Waals surface area contributed by atoms with Crippen LogP contribution in [0.2, 0.25) is 0 Å². The van der Waals surface area contributed by atoms with Gasteiger partial charge in [0.05, 0.1) is 6.10 Å². The van der Waals surface area contributed by atoms with Crippen LogP contribution in [0, 0.1) is 5.41 Å². The normalized spacial score (nSPS) is 19.9. The van der Waals surface area contributed by atoms with E-state index in [-0.39, 0.29) is 11.5 Å².